The summed E-state index contributed by atoms with van der Waals surface area (Å²) in [6, 6.07) is 5.96. The van der Waals surface area contributed by atoms with Crippen LogP contribution < -0.4 is 16.2 Å². The summed E-state index contributed by atoms with van der Waals surface area (Å²) in [7, 11) is -2.96. The van der Waals surface area contributed by atoms with Crippen LogP contribution in [0.3, 0.4) is 0 Å². The molecule has 1 amide bonds. The number of hydrazine groups is 1. The zero-order valence-corrected chi connectivity index (χ0v) is 14.8. The summed E-state index contributed by atoms with van der Waals surface area (Å²) in [6.07, 6.45) is 0.721. The van der Waals surface area contributed by atoms with Crippen molar-refractivity contribution < 1.29 is 13.2 Å². The average molecular weight is 355 g/mol. The number of rotatable bonds is 3. The van der Waals surface area contributed by atoms with Crippen molar-refractivity contribution in [2.45, 2.75) is 26.7 Å². The molecule has 0 radical (unpaired) electrons. The molecule has 126 valence electrons. The lowest BCUT2D eigenvalue weighted by Gasteiger charge is -2.14. The molecule has 1 fully saturated rings. The van der Waals surface area contributed by atoms with Crippen LogP contribution in [0.4, 0.5) is 5.69 Å². The van der Waals surface area contributed by atoms with Gasteiger partial charge in [0.15, 0.2) is 14.9 Å². The summed E-state index contributed by atoms with van der Waals surface area (Å²) in [5.41, 5.74) is 8.17. The molecule has 3 N–H and O–H groups in total. The Bertz CT molecular complexity index is 717. The van der Waals surface area contributed by atoms with Gasteiger partial charge in [0.05, 0.1) is 11.5 Å². The van der Waals surface area contributed by atoms with Crippen molar-refractivity contribution in [3.63, 3.8) is 0 Å². The van der Waals surface area contributed by atoms with Gasteiger partial charge in [-0.1, -0.05) is 12.1 Å². The van der Waals surface area contributed by atoms with Crippen molar-refractivity contribution >= 4 is 38.8 Å². The molecule has 1 aliphatic rings. The van der Waals surface area contributed by atoms with Crippen LogP contribution in [0.15, 0.2) is 18.2 Å². The standard InChI is InChI=1S/C15H21N3O3S2/c1-10-3-4-11(2)13(7-10)16-15(22)18-17-14(19)8-12-5-6-23(20,21)9-12/h3-4,7,12H,5-6,8-9H2,1-2H3,(H,17,19)(H2,16,18,22)/t12-/m0/s1. The van der Waals surface area contributed by atoms with E-state index in [0.717, 1.165) is 16.8 Å². The van der Waals surface area contributed by atoms with Gasteiger partial charge in [0.1, 0.15) is 0 Å². The second-order valence-corrected chi connectivity index (χ2v) is 8.56. The third-order valence-electron chi connectivity index (χ3n) is 3.76. The maximum atomic E-state index is 11.8. The molecular formula is C15H21N3O3S2. The van der Waals surface area contributed by atoms with Gasteiger partial charge in [-0.15, -0.1) is 0 Å². The van der Waals surface area contributed by atoms with Crippen molar-refractivity contribution in [2.75, 3.05) is 16.8 Å². The molecule has 1 heterocycles. The number of thiocarbonyl (C=S) groups is 1. The second-order valence-electron chi connectivity index (χ2n) is 5.92. The topological polar surface area (TPSA) is 87.3 Å². The maximum absolute atomic E-state index is 11.8. The van der Waals surface area contributed by atoms with E-state index in [4.69, 9.17) is 12.2 Å². The fourth-order valence-electron chi connectivity index (χ4n) is 2.50. The second kappa shape index (κ2) is 7.27. The molecule has 0 saturated carbocycles. The molecule has 1 saturated heterocycles. The molecule has 1 aliphatic heterocycles. The highest BCUT2D eigenvalue weighted by Crippen LogP contribution is 2.21. The van der Waals surface area contributed by atoms with Gasteiger partial charge in [-0.05, 0) is 55.6 Å². The Morgan fingerprint density at radius 2 is 2.04 bits per heavy atom. The highest BCUT2D eigenvalue weighted by molar-refractivity contribution is 7.91. The zero-order chi connectivity index (χ0) is 17.0. The van der Waals surface area contributed by atoms with E-state index in [1.54, 1.807) is 0 Å². The van der Waals surface area contributed by atoms with Crippen molar-refractivity contribution in [3.8, 4) is 0 Å². The van der Waals surface area contributed by atoms with Gasteiger partial charge in [-0.2, -0.15) is 0 Å². The minimum Gasteiger partial charge on any atom is -0.331 e. The Kier molecular flexibility index (Phi) is 5.59. The Labute approximate surface area is 141 Å². The van der Waals surface area contributed by atoms with Crippen molar-refractivity contribution in [1.82, 2.24) is 10.9 Å². The lowest BCUT2D eigenvalue weighted by atomic mass is 10.1. The molecule has 0 spiro atoms. The molecule has 8 heteroatoms. The van der Waals surface area contributed by atoms with Gasteiger partial charge >= 0.3 is 0 Å². The number of sulfone groups is 1. The van der Waals surface area contributed by atoms with E-state index in [9.17, 15) is 13.2 Å². The van der Waals surface area contributed by atoms with E-state index >= 15 is 0 Å². The molecule has 1 aromatic rings. The largest absolute Gasteiger partial charge is 0.331 e. The minimum atomic E-state index is -2.96. The Morgan fingerprint density at radius 1 is 1.30 bits per heavy atom. The highest BCUT2D eigenvalue weighted by Gasteiger charge is 2.29. The van der Waals surface area contributed by atoms with Crippen LogP contribution in [-0.2, 0) is 14.6 Å². The molecule has 0 aliphatic carbocycles. The SMILES string of the molecule is Cc1ccc(C)c(NC(=S)NNC(=O)C[C@@H]2CCS(=O)(=O)C2)c1. The normalized spacial score (nSPS) is 19.1. The van der Waals surface area contributed by atoms with Gasteiger partial charge in [0, 0.05) is 12.1 Å². The molecule has 0 unspecified atom stereocenters. The van der Waals surface area contributed by atoms with Crippen LogP contribution >= 0.6 is 12.2 Å². The highest BCUT2D eigenvalue weighted by atomic mass is 32.2. The fourth-order valence-corrected chi connectivity index (χ4v) is 4.52. The number of benzene rings is 1. The molecule has 0 bridgehead atoms. The molecule has 2 rings (SSSR count). The van der Waals surface area contributed by atoms with Crippen LogP contribution in [0.5, 0.6) is 0 Å². The minimum absolute atomic E-state index is 0.0889. The monoisotopic (exact) mass is 355 g/mol. The summed E-state index contributed by atoms with van der Waals surface area (Å²) in [4.78, 5) is 11.8. The van der Waals surface area contributed by atoms with Gasteiger partial charge in [-0.3, -0.25) is 15.6 Å². The van der Waals surface area contributed by atoms with Crippen LogP contribution in [0.25, 0.3) is 0 Å². The maximum Gasteiger partial charge on any atom is 0.238 e. The quantitative estimate of drug-likeness (QED) is 0.562. The number of anilines is 1. The summed E-state index contributed by atoms with van der Waals surface area (Å²) < 4.78 is 22.7. The number of amides is 1. The van der Waals surface area contributed by atoms with Crippen molar-refractivity contribution in [2.24, 2.45) is 5.92 Å². The average Bonchev–Trinajstić information content (AvgIpc) is 2.79. The predicted molar refractivity (Wildman–Crippen MR) is 94.8 cm³/mol. The van der Waals surface area contributed by atoms with E-state index < -0.39 is 9.84 Å². The van der Waals surface area contributed by atoms with Gasteiger partial charge in [0.2, 0.25) is 5.91 Å². The summed E-state index contributed by atoms with van der Waals surface area (Å²) in [6.45, 7) is 3.95. The number of nitrogens with one attached hydrogen (secondary N) is 3. The van der Waals surface area contributed by atoms with E-state index in [1.807, 2.05) is 32.0 Å². The molecule has 23 heavy (non-hydrogen) atoms. The number of hydrogen-bond acceptors (Lipinski definition) is 4. The number of carbonyl (C=O) groups is 1. The lowest BCUT2D eigenvalue weighted by molar-refractivity contribution is -0.122. The number of hydrogen-bond donors (Lipinski definition) is 3. The zero-order valence-electron chi connectivity index (χ0n) is 13.2. The summed E-state index contributed by atoms with van der Waals surface area (Å²) >= 11 is 5.14. The molecule has 0 aromatic heterocycles. The van der Waals surface area contributed by atoms with Crippen molar-refractivity contribution in [3.05, 3.63) is 29.3 Å². The third kappa shape index (κ3) is 5.47. The first-order valence-electron chi connectivity index (χ1n) is 7.39. The Hall–Kier alpha value is -1.67. The van der Waals surface area contributed by atoms with Gasteiger partial charge < -0.3 is 5.32 Å². The van der Waals surface area contributed by atoms with E-state index in [0.29, 0.717) is 6.42 Å². The summed E-state index contributed by atoms with van der Waals surface area (Å²) in [5.74, 6) is -0.115. The number of aryl methyl sites for hydroxylation is 2. The van der Waals surface area contributed by atoms with Crippen LogP contribution in [0.2, 0.25) is 0 Å². The van der Waals surface area contributed by atoms with E-state index in [2.05, 4.69) is 16.2 Å². The third-order valence-corrected chi connectivity index (χ3v) is 5.80. The smallest absolute Gasteiger partial charge is 0.238 e. The molecule has 1 aromatic carbocycles. The number of carbonyl (C=O) groups excluding carboxylic acids is 1. The Morgan fingerprint density at radius 3 is 2.70 bits per heavy atom. The van der Waals surface area contributed by atoms with E-state index in [-0.39, 0.29) is 34.9 Å². The van der Waals surface area contributed by atoms with E-state index in [1.165, 1.54) is 0 Å². The molecule has 1 atom stereocenters. The van der Waals surface area contributed by atoms with Gasteiger partial charge in [-0.25, -0.2) is 8.42 Å². The van der Waals surface area contributed by atoms with Crippen LogP contribution in [0.1, 0.15) is 24.0 Å². The fraction of sp³-hybridized carbons (Fsp3) is 0.467. The Balaban J connectivity index is 1.78. The van der Waals surface area contributed by atoms with Crippen LogP contribution in [0, 0.1) is 19.8 Å². The first-order valence-corrected chi connectivity index (χ1v) is 9.61. The van der Waals surface area contributed by atoms with Gasteiger partial charge in [0.25, 0.3) is 0 Å². The molecular weight excluding hydrogens is 334 g/mol. The first-order chi connectivity index (χ1) is 10.7. The van der Waals surface area contributed by atoms with Crippen LogP contribution in [-0.4, -0.2) is 30.9 Å². The van der Waals surface area contributed by atoms with Crippen molar-refractivity contribution in [1.29, 1.82) is 0 Å². The first kappa shape index (κ1) is 17.7. The molecule has 6 nitrogen and oxygen atoms in total. The lowest BCUT2D eigenvalue weighted by Crippen LogP contribution is -2.44. The summed E-state index contributed by atoms with van der Waals surface area (Å²) in [5, 5.41) is 3.31. The predicted octanol–water partition coefficient (Wildman–Crippen LogP) is 1.45.